The molecule has 0 saturated heterocycles. The lowest BCUT2D eigenvalue weighted by Gasteiger charge is -2.17. The number of carboxylic acids is 1. The van der Waals surface area contributed by atoms with Crippen LogP contribution in [0.3, 0.4) is 0 Å². The van der Waals surface area contributed by atoms with Gasteiger partial charge in [0.15, 0.2) is 5.96 Å². The van der Waals surface area contributed by atoms with E-state index in [1.807, 2.05) is 0 Å². The molecule has 70 valence electrons. The molecule has 0 fully saturated rings. The lowest BCUT2D eigenvalue weighted by molar-refractivity contribution is -0.133. The summed E-state index contributed by atoms with van der Waals surface area (Å²) in [4.78, 5) is 13.5. The van der Waals surface area contributed by atoms with E-state index < -0.39 is 10.8 Å². The fourth-order valence-electron chi connectivity index (χ4n) is 0.582. The number of nitrogens with zero attached hydrogens (tertiary/aromatic N) is 1. The van der Waals surface area contributed by atoms with Gasteiger partial charge in [0.2, 0.25) is 0 Å². The molecule has 0 rings (SSSR count). The van der Waals surface area contributed by atoms with Gasteiger partial charge < -0.3 is 16.6 Å². The van der Waals surface area contributed by atoms with Crippen molar-refractivity contribution >= 4 is 23.7 Å². The fraction of sp³-hybridized carbons (Fsp3) is 0.667. The van der Waals surface area contributed by atoms with Crippen LogP contribution >= 0.6 is 11.8 Å². The second kappa shape index (κ2) is 4.20. The molecule has 0 aliphatic heterocycles. The first kappa shape index (κ1) is 11.1. The van der Waals surface area contributed by atoms with E-state index in [9.17, 15) is 4.79 Å². The smallest absolute Gasteiger partial charge is 0.313 e. The van der Waals surface area contributed by atoms with Crippen LogP contribution in [0.2, 0.25) is 0 Å². The highest BCUT2D eigenvalue weighted by Crippen LogP contribution is 2.24. The van der Waals surface area contributed by atoms with Crippen LogP contribution in [0.5, 0.6) is 0 Å². The Morgan fingerprint density at radius 1 is 1.58 bits per heavy atom. The summed E-state index contributed by atoms with van der Waals surface area (Å²) in [6.07, 6.45) is 0. The van der Waals surface area contributed by atoms with Crippen molar-refractivity contribution in [1.82, 2.24) is 0 Å². The zero-order valence-corrected chi connectivity index (χ0v) is 7.89. The molecule has 0 radical (unpaired) electrons. The third kappa shape index (κ3) is 5.84. The molecule has 0 spiro atoms. The normalized spacial score (nSPS) is 10.8. The molecule has 0 aliphatic carbocycles. The predicted octanol–water partition coefficient (Wildman–Crippen LogP) is -0.186. The Hall–Kier alpha value is -0.910. The van der Waals surface area contributed by atoms with Crippen LogP contribution in [-0.2, 0) is 4.79 Å². The maximum absolute atomic E-state index is 10.2. The van der Waals surface area contributed by atoms with Gasteiger partial charge in [-0.25, -0.2) is 4.99 Å². The van der Waals surface area contributed by atoms with E-state index in [1.165, 1.54) is 11.8 Å². The first-order chi connectivity index (χ1) is 5.33. The number of hydrogen-bond acceptors (Lipinski definition) is 3. The second-order valence-corrected chi connectivity index (χ2v) is 4.24. The summed E-state index contributed by atoms with van der Waals surface area (Å²) in [6.45, 7) is 3.50. The first-order valence-corrected chi connectivity index (χ1v) is 4.28. The van der Waals surface area contributed by atoms with Gasteiger partial charge in [-0.05, 0) is 13.8 Å². The molecule has 0 heterocycles. The zero-order valence-electron chi connectivity index (χ0n) is 7.07. The number of guanidine groups is 1. The fourth-order valence-corrected chi connectivity index (χ4v) is 1.23. The van der Waals surface area contributed by atoms with E-state index in [0.29, 0.717) is 0 Å². The Bertz CT molecular complexity index is 199. The van der Waals surface area contributed by atoms with Crippen LogP contribution < -0.4 is 11.5 Å². The largest absolute Gasteiger partial charge is 0.481 e. The third-order valence-electron chi connectivity index (χ3n) is 0.947. The molecule has 0 atom stereocenters. The summed E-state index contributed by atoms with van der Waals surface area (Å²) < 4.78 is 0. The van der Waals surface area contributed by atoms with Crippen molar-refractivity contribution in [3.63, 3.8) is 0 Å². The highest BCUT2D eigenvalue weighted by Gasteiger charge is 2.18. The highest BCUT2D eigenvalue weighted by atomic mass is 32.2. The molecular formula is C6H13N3O2S. The van der Waals surface area contributed by atoms with E-state index in [-0.39, 0.29) is 11.7 Å². The standard InChI is InChI=1S/C6H13N3O2S/c1-6(2,9-5(7)8)12-3-4(10)11/h3H2,1-2H3,(H,10,11)(H4,7,8,9). The Morgan fingerprint density at radius 2 is 2.08 bits per heavy atom. The molecule has 12 heavy (non-hydrogen) atoms. The molecule has 0 aromatic heterocycles. The van der Waals surface area contributed by atoms with Crippen molar-refractivity contribution in [2.45, 2.75) is 18.7 Å². The molecule has 0 aliphatic rings. The Labute approximate surface area is 75.2 Å². The summed E-state index contributed by atoms with van der Waals surface area (Å²) >= 11 is 1.17. The van der Waals surface area contributed by atoms with Gasteiger partial charge in [-0.15, -0.1) is 11.8 Å². The summed E-state index contributed by atoms with van der Waals surface area (Å²) in [6, 6.07) is 0. The summed E-state index contributed by atoms with van der Waals surface area (Å²) in [7, 11) is 0. The van der Waals surface area contributed by atoms with Gasteiger partial charge in [0.1, 0.15) is 4.87 Å². The monoisotopic (exact) mass is 191 g/mol. The van der Waals surface area contributed by atoms with Gasteiger partial charge in [0, 0.05) is 0 Å². The molecule has 0 unspecified atom stereocenters. The highest BCUT2D eigenvalue weighted by molar-refractivity contribution is 8.01. The van der Waals surface area contributed by atoms with E-state index in [2.05, 4.69) is 4.99 Å². The summed E-state index contributed by atoms with van der Waals surface area (Å²) in [5.41, 5.74) is 10.3. The van der Waals surface area contributed by atoms with Crippen molar-refractivity contribution in [3.8, 4) is 0 Å². The minimum atomic E-state index is -0.876. The number of carbonyl (C=O) groups is 1. The Balaban J connectivity index is 4.05. The lowest BCUT2D eigenvalue weighted by Crippen LogP contribution is -2.28. The van der Waals surface area contributed by atoms with Gasteiger partial charge in [-0.2, -0.15) is 0 Å². The number of rotatable bonds is 4. The van der Waals surface area contributed by atoms with E-state index in [1.54, 1.807) is 13.8 Å². The minimum absolute atomic E-state index is 0.0101. The van der Waals surface area contributed by atoms with Gasteiger partial charge >= 0.3 is 5.97 Å². The minimum Gasteiger partial charge on any atom is -0.481 e. The van der Waals surface area contributed by atoms with Gasteiger partial charge in [-0.1, -0.05) is 0 Å². The van der Waals surface area contributed by atoms with Crippen LogP contribution in [0.15, 0.2) is 4.99 Å². The summed E-state index contributed by atoms with van der Waals surface area (Å²) in [5.74, 6) is -0.916. The SMILES string of the molecule is CC(C)(N=C(N)N)SCC(=O)O. The van der Waals surface area contributed by atoms with Gasteiger partial charge in [-0.3, -0.25) is 4.79 Å². The second-order valence-electron chi connectivity index (χ2n) is 2.67. The molecule has 5 N–H and O–H groups in total. The van der Waals surface area contributed by atoms with E-state index in [4.69, 9.17) is 16.6 Å². The number of nitrogens with two attached hydrogens (primary N) is 2. The van der Waals surface area contributed by atoms with Crippen molar-refractivity contribution < 1.29 is 9.90 Å². The molecular weight excluding hydrogens is 178 g/mol. The molecule has 0 aromatic rings. The van der Waals surface area contributed by atoms with Crippen LogP contribution in [0.4, 0.5) is 0 Å². The van der Waals surface area contributed by atoms with Crippen LogP contribution in [0.1, 0.15) is 13.8 Å². The number of thioether (sulfide) groups is 1. The average Bonchev–Trinajstić information content (AvgIpc) is 1.81. The van der Waals surface area contributed by atoms with Gasteiger partial charge in [0.05, 0.1) is 5.75 Å². The lowest BCUT2D eigenvalue weighted by atomic mass is 10.4. The maximum Gasteiger partial charge on any atom is 0.313 e. The number of aliphatic imine (C=N–C) groups is 1. The first-order valence-electron chi connectivity index (χ1n) is 3.30. The van der Waals surface area contributed by atoms with Crippen LogP contribution in [0, 0.1) is 0 Å². The number of carboxylic acid groups (broad SMARTS) is 1. The maximum atomic E-state index is 10.2. The van der Waals surface area contributed by atoms with E-state index in [0.717, 1.165) is 0 Å². The average molecular weight is 191 g/mol. The van der Waals surface area contributed by atoms with Crippen molar-refractivity contribution in [3.05, 3.63) is 0 Å². The molecule has 0 bridgehead atoms. The Morgan fingerprint density at radius 3 is 2.42 bits per heavy atom. The van der Waals surface area contributed by atoms with E-state index >= 15 is 0 Å². The summed E-state index contributed by atoms with van der Waals surface area (Å²) in [5, 5.41) is 8.38. The van der Waals surface area contributed by atoms with Crippen molar-refractivity contribution in [2.24, 2.45) is 16.5 Å². The number of hydrogen-bond donors (Lipinski definition) is 3. The topological polar surface area (TPSA) is 102 Å². The molecule has 0 saturated carbocycles. The molecule has 5 nitrogen and oxygen atoms in total. The molecule has 0 aromatic carbocycles. The number of aliphatic carboxylic acids is 1. The predicted molar refractivity (Wildman–Crippen MR) is 50.0 cm³/mol. The Kier molecular flexibility index (Phi) is 3.88. The third-order valence-corrected chi connectivity index (χ3v) is 2.14. The van der Waals surface area contributed by atoms with Crippen LogP contribution in [0.25, 0.3) is 0 Å². The zero-order chi connectivity index (χ0) is 9.78. The van der Waals surface area contributed by atoms with Crippen molar-refractivity contribution in [2.75, 3.05) is 5.75 Å². The quantitative estimate of drug-likeness (QED) is 0.422. The molecule has 6 heteroatoms. The van der Waals surface area contributed by atoms with Crippen molar-refractivity contribution in [1.29, 1.82) is 0 Å². The molecule has 0 amide bonds. The van der Waals surface area contributed by atoms with Gasteiger partial charge in [0.25, 0.3) is 0 Å². The van der Waals surface area contributed by atoms with Crippen LogP contribution in [-0.4, -0.2) is 27.7 Å².